The minimum absolute atomic E-state index is 0.195. The lowest BCUT2D eigenvalue weighted by atomic mass is 10.2. The molecule has 0 atom stereocenters. The first kappa shape index (κ1) is 17.6. The van der Waals surface area contributed by atoms with Gasteiger partial charge in [0.05, 0.1) is 17.5 Å². The third-order valence-corrected chi connectivity index (χ3v) is 4.36. The van der Waals surface area contributed by atoms with Crippen LogP contribution in [0.4, 0.5) is 5.69 Å². The second-order valence-electron chi connectivity index (χ2n) is 5.23. The van der Waals surface area contributed by atoms with Crippen LogP contribution in [0.3, 0.4) is 0 Å². The predicted molar refractivity (Wildman–Crippen MR) is 99.4 cm³/mol. The Kier molecular flexibility index (Phi) is 5.56. The highest BCUT2D eigenvalue weighted by atomic mass is 32.2. The molecule has 0 aliphatic carbocycles. The highest BCUT2D eigenvalue weighted by Crippen LogP contribution is 2.26. The predicted octanol–water partition coefficient (Wildman–Crippen LogP) is 3.43. The lowest BCUT2D eigenvalue weighted by Crippen LogP contribution is -2.20. The average molecular weight is 366 g/mol. The number of carbonyl (C=O) groups excluding carboxylic acids is 1. The lowest BCUT2D eigenvalue weighted by molar-refractivity contribution is -0.118. The summed E-state index contributed by atoms with van der Waals surface area (Å²) in [4.78, 5) is 24.2. The molecule has 0 spiro atoms. The Bertz CT molecular complexity index is 1040. The van der Waals surface area contributed by atoms with Crippen molar-refractivity contribution in [1.82, 2.24) is 0 Å². The van der Waals surface area contributed by atoms with Gasteiger partial charge in [-0.3, -0.25) is 4.79 Å². The van der Waals surface area contributed by atoms with E-state index in [4.69, 9.17) is 14.4 Å². The highest BCUT2D eigenvalue weighted by Gasteiger charge is 2.08. The van der Waals surface area contributed by atoms with Gasteiger partial charge in [0.15, 0.2) is 6.61 Å². The van der Waals surface area contributed by atoms with Crippen molar-refractivity contribution in [3.63, 3.8) is 0 Å². The molecule has 0 saturated carbocycles. The Labute approximate surface area is 153 Å². The number of nitrogens with one attached hydrogen (secondary N) is 1. The zero-order valence-corrected chi connectivity index (χ0v) is 14.4. The largest absolute Gasteiger partial charge is 0.484 e. The number of anilines is 1. The number of carbonyl (C=O) groups is 1. The topological polar surface area (TPSA) is 92.3 Å². The van der Waals surface area contributed by atoms with Gasteiger partial charge in [-0.1, -0.05) is 12.1 Å². The molecule has 0 aliphatic rings. The summed E-state index contributed by atoms with van der Waals surface area (Å²) in [6.45, 7) is -0.195. The molecule has 1 heterocycles. The maximum absolute atomic E-state index is 12.1. The summed E-state index contributed by atoms with van der Waals surface area (Å²) >= 11 is 1.35. The first-order valence-electron chi connectivity index (χ1n) is 7.71. The van der Waals surface area contributed by atoms with E-state index < -0.39 is 5.63 Å². The zero-order chi connectivity index (χ0) is 18.4. The number of ether oxygens (including phenoxy) is 1. The van der Waals surface area contributed by atoms with Gasteiger partial charge in [0.1, 0.15) is 11.3 Å². The van der Waals surface area contributed by atoms with E-state index in [2.05, 4.69) is 11.4 Å². The minimum Gasteiger partial charge on any atom is -0.484 e. The molecule has 0 unspecified atom stereocenters. The van der Waals surface area contributed by atoms with Gasteiger partial charge in [0.2, 0.25) is 0 Å². The normalized spacial score (nSPS) is 10.3. The van der Waals surface area contributed by atoms with Crippen molar-refractivity contribution in [1.29, 1.82) is 5.26 Å². The molecule has 26 heavy (non-hydrogen) atoms. The highest BCUT2D eigenvalue weighted by molar-refractivity contribution is 7.99. The van der Waals surface area contributed by atoms with E-state index in [-0.39, 0.29) is 12.5 Å². The molecule has 0 aliphatic heterocycles. The number of hydrogen-bond acceptors (Lipinski definition) is 6. The number of benzene rings is 2. The molecule has 7 heteroatoms. The molecule has 0 fully saturated rings. The van der Waals surface area contributed by atoms with Gasteiger partial charge in [0.25, 0.3) is 5.91 Å². The van der Waals surface area contributed by atoms with Gasteiger partial charge in [-0.2, -0.15) is 5.26 Å². The van der Waals surface area contributed by atoms with Crippen molar-refractivity contribution >= 4 is 34.3 Å². The Morgan fingerprint density at radius 1 is 1.19 bits per heavy atom. The summed E-state index contributed by atoms with van der Waals surface area (Å²) in [5, 5.41) is 12.2. The van der Waals surface area contributed by atoms with Gasteiger partial charge < -0.3 is 14.5 Å². The van der Waals surface area contributed by atoms with Crippen LogP contribution in [0.15, 0.2) is 68.7 Å². The second-order valence-corrected chi connectivity index (χ2v) is 6.25. The van der Waals surface area contributed by atoms with E-state index in [0.29, 0.717) is 22.8 Å². The zero-order valence-electron chi connectivity index (χ0n) is 13.6. The van der Waals surface area contributed by atoms with Crippen molar-refractivity contribution in [3.8, 4) is 11.8 Å². The third-order valence-electron chi connectivity index (χ3n) is 3.42. The number of nitrogens with zero attached hydrogens (tertiary/aromatic N) is 1. The molecule has 0 radical (unpaired) electrons. The quantitative estimate of drug-likeness (QED) is 0.531. The van der Waals surface area contributed by atoms with Crippen LogP contribution in [0.2, 0.25) is 0 Å². The van der Waals surface area contributed by atoms with Crippen LogP contribution in [0, 0.1) is 11.3 Å². The van der Waals surface area contributed by atoms with Gasteiger partial charge in [-0.05, 0) is 30.3 Å². The summed E-state index contributed by atoms with van der Waals surface area (Å²) in [5.74, 6) is 0.393. The fourth-order valence-corrected chi connectivity index (χ4v) is 2.94. The molecule has 130 valence electrons. The molecular formula is C19H14N2O4S. The van der Waals surface area contributed by atoms with Gasteiger partial charge in [-0.25, -0.2) is 4.79 Å². The molecule has 1 aromatic heterocycles. The number of hydrogen-bond donors (Lipinski definition) is 1. The molecule has 1 N–H and O–H groups in total. The van der Waals surface area contributed by atoms with Crippen LogP contribution in [0.5, 0.6) is 5.75 Å². The number of rotatable bonds is 6. The van der Waals surface area contributed by atoms with Crippen molar-refractivity contribution in [2.45, 2.75) is 4.90 Å². The molecule has 2 aromatic carbocycles. The van der Waals surface area contributed by atoms with Crippen LogP contribution >= 0.6 is 11.8 Å². The monoisotopic (exact) mass is 366 g/mol. The van der Waals surface area contributed by atoms with E-state index in [0.717, 1.165) is 10.3 Å². The molecule has 0 saturated heterocycles. The van der Waals surface area contributed by atoms with Crippen LogP contribution in [-0.2, 0) is 4.79 Å². The molecule has 1 amide bonds. The molecule has 6 nitrogen and oxygen atoms in total. The maximum atomic E-state index is 12.1. The lowest BCUT2D eigenvalue weighted by Gasteiger charge is -2.10. The standard InChI is InChI=1S/C19H14N2O4S/c20-9-10-26-17-4-2-1-3-15(17)21-18(22)12-24-14-7-5-13-6-8-19(23)25-16(13)11-14/h1-8,11H,10,12H2,(H,21,22). The average Bonchev–Trinajstić information content (AvgIpc) is 2.65. The van der Waals surface area contributed by atoms with E-state index >= 15 is 0 Å². The van der Waals surface area contributed by atoms with E-state index in [1.807, 2.05) is 12.1 Å². The van der Waals surface area contributed by atoms with Crippen molar-refractivity contribution in [2.24, 2.45) is 0 Å². The molecule has 0 bridgehead atoms. The summed E-state index contributed by atoms with van der Waals surface area (Å²) in [7, 11) is 0. The Morgan fingerprint density at radius 3 is 2.85 bits per heavy atom. The molecular weight excluding hydrogens is 352 g/mol. The van der Waals surface area contributed by atoms with Gasteiger partial charge in [0, 0.05) is 22.4 Å². The Balaban J connectivity index is 1.64. The number of para-hydroxylation sites is 1. The number of fused-ring (bicyclic) bond motifs is 1. The molecule has 3 aromatic rings. The van der Waals surface area contributed by atoms with Crippen molar-refractivity contribution < 1.29 is 13.9 Å². The number of thioether (sulfide) groups is 1. The fraction of sp³-hybridized carbons (Fsp3) is 0.105. The summed E-state index contributed by atoms with van der Waals surface area (Å²) in [5.41, 5.74) is 0.582. The van der Waals surface area contributed by atoms with Crippen LogP contribution in [0.25, 0.3) is 11.0 Å². The van der Waals surface area contributed by atoms with E-state index in [1.165, 1.54) is 17.8 Å². The fourth-order valence-electron chi connectivity index (χ4n) is 2.27. The van der Waals surface area contributed by atoms with E-state index in [1.54, 1.807) is 36.4 Å². The smallest absolute Gasteiger partial charge is 0.336 e. The number of nitriles is 1. The minimum atomic E-state index is -0.445. The summed E-state index contributed by atoms with van der Waals surface area (Å²) in [6, 6.07) is 17.3. The number of amides is 1. The van der Waals surface area contributed by atoms with Crippen LogP contribution in [-0.4, -0.2) is 18.3 Å². The SMILES string of the molecule is N#CCSc1ccccc1NC(=O)COc1ccc2ccc(=O)oc2c1. The summed E-state index contributed by atoms with van der Waals surface area (Å²) < 4.78 is 10.6. The van der Waals surface area contributed by atoms with E-state index in [9.17, 15) is 9.59 Å². The Hall–Kier alpha value is -3.24. The van der Waals surface area contributed by atoms with Crippen molar-refractivity contribution in [3.05, 3.63) is 65.0 Å². The van der Waals surface area contributed by atoms with Crippen molar-refractivity contribution in [2.75, 3.05) is 17.7 Å². The Morgan fingerprint density at radius 2 is 2.00 bits per heavy atom. The van der Waals surface area contributed by atoms with Crippen LogP contribution in [0.1, 0.15) is 0 Å². The van der Waals surface area contributed by atoms with Crippen LogP contribution < -0.4 is 15.7 Å². The molecule has 3 rings (SSSR count). The first-order valence-corrected chi connectivity index (χ1v) is 8.69. The summed E-state index contributed by atoms with van der Waals surface area (Å²) in [6.07, 6.45) is 0. The van der Waals surface area contributed by atoms with Gasteiger partial charge >= 0.3 is 5.63 Å². The third kappa shape index (κ3) is 4.43. The first-order chi connectivity index (χ1) is 12.7. The maximum Gasteiger partial charge on any atom is 0.336 e. The second kappa shape index (κ2) is 8.23. The van der Waals surface area contributed by atoms with Gasteiger partial charge in [-0.15, -0.1) is 11.8 Å².